The molecular formula is C18H17N5O2. The van der Waals surface area contributed by atoms with Gasteiger partial charge in [-0.2, -0.15) is 0 Å². The molecule has 2 N–H and O–H groups in total. The van der Waals surface area contributed by atoms with Crippen molar-refractivity contribution in [2.45, 2.75) is 25.9 Å². The summed E-state index contributed by atoms with van der Waals surface area (Å²) in [7, 11) is 0. The van der Waals surface area contributed by atoms with Crippen LogP contribution in [-0.2, 0) is 17.8 Å². The van der Waals surface area contributed by atoms with Crippen LogP contribution in [0.15, 0.2) is 42.9 Å². The van der Waals surface area contributed by atoms with Crippen molar-refractivity contribution in [1.82, 2.24) is 19.3 Å². The first kappa shape index (κ1) is 15.3. The van der Waals surface area contributed by atoms with E-state index in [0.717, 1.165) is 16.8 Å². The molecule has 0 unspecified atom stereocenters. The molecule has 0 aliphatic carbocycles. The van der Waals surface area contributed by atoms with Crippen LogP contribution in [0, 0.1) is 6.92 Å². The number of carbonyl (C=O) groups excluding carboxylic acids is 2. The second-order valence-corrected chi connectivity index (χ2v) is 6.21. The largest absolute Gasteiger partial charge is 0.368 e. The molecule has 1 aromatic carbocycles. The summed E-state index contributed by atoms with van der Waals surface area (Å²) in [5.74, 6) is -0.858. The summed E-state index contributed by atoms with van der Waals surface area (Å²) in [6.45, 7) is 2.18. The summed E-state index contributed by atoms with van der Waals surface area (Å²) in [5, 5.41) is 0. The molecule has 7 heteroatoms. The lowest BCUT2D eigenvalue weighted by molar-refractivity contribution is -0.122. The van der Waals surface area contributed by atoms with Crippen molar-refractivity contribution in [2.75, 3.05) is 0 Å². The Hall–Kier alpha value is -3.22. The number of nitrogens with two attached hydrogens (primary N) is 1. The van der Waals surface area contributed by atoms with Gasteiger partial charge in [-0.3, -0.25) is 9.59 Å². The van der Waals surface area contributed by atoms with Crippen molar-refractivity contribution in [2.24, 2.45) is 5.73 Å². The third-order valence-electron chi connectivity index (χ3n) is 4.54. The number of hydrogen-bond acceptors (Lipinski definition) is 4. The first-order valence-electron chi connectivity index (χ1n) is 8.02. The molecule has 0 spiro atoms. The molecule has 3 aromatic rings. The summed E-state index contributed by atoms with van der Waals surface area (Å²) >= 11 is 0. The molecule has 1 aliphatic rings. The lowest BCUT2D eigenvalue weighted by Gasteiger charge is -2.34. The van der Waals surface area contributed by atoms with Gasteiger partial charge < -0.3 is 15.0 Å². The molecule has 2 aromatic heterocycles. The standard InChI is InChI=1S/C18H17N5O2/c1-11-9-22-7-6-20-15(17(22)21-11)18(25)23-10-13-5-3-2-4-12(13)8-14(23)16(19)24/h2-7,9,14H,8,10H2,1H3,(H2,19,24)/t14-/m0/s1. The summed E-state index contributed by atoms with van der Waals surface area (Å²) < 4.78 is 1.76. The molecule has 4 rings (SSSR count). The number of benzene rings is 1. The van der Waals surface area contributed by atoms with Crippen LogP contribution in [0.4, 0.5) is 0 Å². The van der Waals surface area contributed by atoms with E-state index in [1.807, 2.05) is 37.4 Å². The van der Waals surface area contributed by atoms with Crippen molar-refractivity contribution < 1.29 is 9.59 Å². The zero-order valence-electron chi connectivity index (χ0n) is 13.7. The van der Waals surface area contributed by atoms with Gasteiger partial charge in [0.05, 0.1) is 5.69 Å². The lowest BCUT2D eigenvalue weighted by atomic mass is 9.93. The van der Waals surface area contributed by atoms with Crippen LogP contribution in [0.2, 0.25) is 0 Å². The maximum Gasteiger partial charge on any atom is 0.277 e. The molecule has 1 aliphatic heterocycles. The van der Waals surface area contributed by atoms with Crippen LogP contribution in [0.3, 0.4) is 0 Å². The third kappa shape index (κ3) is 2.53. The minimum atomic E-state index is -0.694. The summed E-state index contributed by atoms with van der Waals surface area (Å²) in [5.41, 5.74) is 9.12. The van der Waals surface area contributed by atoms with Gasteiger partial charge in [-0.25, -0.2) is 9.97 Å². The van der Waals surface area contributed by atoms with E-state index in [9.17, 15) is 9.59 Å². The highest BCUT2D eigenvalue weighted by Crippen LogP contribution is 2.25. The van der Waals surface area contributed by atoms with E-state index in [2.05, 4.69) is 9.97 Å². The molecule has 0 saturated heterocycles. The van der Waals surface area contributed by atoms with Crippen LogP contribution < -0.4 is 5.73 Å². The van der Waals surface area contributed by atoms with Crippen LogP contribution in [0.1, 0.15) is 27.3 Å². The van der Waals surface area contributed by atoms with E-state index in [1.165, 1.54) is 4.90 Å². The Bertz CT molecular complexity index is 994. The fraction of sp³-hybridized carbons (Fsp3) is 0.222. The van der Waals surface area contributed by atoms with Crippen LogP contribution in [0.25, 0.3) is 5.65 Å². The molecule has 25 heavy (non-hydrogen) atoms. The summed E-state index contributed by atoms with van der Waals surface area (Å²) in [4.78, 5) is 35.2. The maximum atomic E-state index is 13.1. The van der Waals surface area contributed by atoms with E-state index in [4.69, 9.17) is 5.73 Å². The lowest BCUT2D eigenvalue weighted by Crippen LogP contribution is -2.51. The van der Waals surface area contributed by atoms with Gasteiger partial charge in [0, 0.05) is 31.6 Å². The number of fused-ring (bicyclic) bond motifs is 2. The Balaban J connectivity index is 1.78. The number of carbonyl (C=O) groups is 2. The van der Waals surface area contributed by atoms with Crippen LogP contribution >= 0.6 is 0 Å². The highest BCUT2D eigenvalue weighted by atomic mass is 16.2. The first-order valence-corrected chi connectivity index (χ1v) is 8.02. The molecule has 0 fully saturated rings. The van der Waals surface area contributed by atoms with Gasteiger partial charge in [0.1, 0.15) is 6.04 Å². The number of hydrogen-bond donors (Lipinski definition) is 1. The van der Waals surface area contributed by atoms with Crippen LogP contribution in [0.5, 0.6) is 0 Å². The number of nitrogens with zero attached hydrogens (tertiary/aromatic N) is 4. The quantitative estimate of drug-likeness (QED) is 0.758. The Kier molecular flexibility index (Phi) is 3.49. The molecule has 1 atom stereocenters. The summed E-state index contributed by atoms with van der Waals surface area (Å²) in [6.07, 6.45) is 5.53. The van der Waals surface area contributed by atoms with Gasteiger partial charge in [0.2, 0.25) is 5.91 Å². The van der Waals surface area contributed by atoms with Crippen molar-refractivity contribution >= 4 is 17.5 Å². The fourth-order valence-electron chi connectivity index (χ4n) is 3.32. The van der Waals surface area contributed by atoms with Crippen molar-refractivity contribution in [3.8, 4) is 0 Å². The molecule has 0 radical (unpaired) electrons. The number of rotatable bonds is 2. The first-order chi connectivity index (χ1) is 12.0. The number of amides is 2. The Morgan fingerprint density at radius 1 is 1.24 bits per heavy atom. The van der Waals surface area contributed by atoms with E-state index in [1.54, 1.807) is 16.8 Å². The van der Waals surface area contributed by atoms with Gasteiger partial charge in [0.25, 0.3) is 5.91 Å². The van der Waals surface area contributed by atoms with Gasteiger partial charge in [-0.1, -0.05) is 24.3 Å². The van der Waals surface area contributed by atoms with Gasteiger partial charge in [0.15, 0.2) is 11.3 Å². The van der Waals surface area contributed by atoms with Gasteiger partial charge in [-0.15, -0.1) is 0 Å². The molecule has 126 valence electrons. The van der Waals surface area contributed by atoms with E-state index >= 15 is 0 Å². The second-order valence-electron chi connectivity index (χ2n) is 6.21. The highest BCUT2D eigenvalue weighted by Gasteiger charge is 2.35. The number of primary amides is 1. The van der Waals surface area contributed by atoms with Crippen molar-refractivity contribution in [3.05, 3.63) is 65.4 Å². The van der Waals surface area contributed by atoms with Gasteiger partial charge in [-0.05, 0) is 18.1 Å². The van der Waals surface area contributed by atoms with E-state index in [0.29, 0.717) is 18.6 Å². The molecule has 0 saturated carbocycles. The van der Waals surface area contributed by atoms with E-state index < -0.39 is 11.9 Å². The minimum Gasteiger partial charge on any atom is -0.368 e. The highest BCUT2D eigenvalue weighted by molar-refractivity contribution is 6.00. The average Bonchev–Trinajstić information content (AvgIpc) is 3.00. The van der Waals surface area contributed by atoms with Crippen molar-refractivity contribution in [1.29, 1.82) is 0 Å². The minimum absolute atomic E-state index is 0.223. The maximum absolute atomic E-state index is 13.1. The Morgan fingerprint density at radius 2 is 2.00 bits per heavy atom. The van der Waals surface area contributed by atoms with Gasteiger partial charge >= 0.3 is 0 Å². The zero-order chi connectivity index (χ0) is 17.6. The average molecular weight is 335 g/mol. The smallest absolute Gasteiger partial charge is 0.277 e. The zero-order valence-corrected chi connectivity index (χ0v) is 13.7. The number of aryl methyl sites for hydroxylation is 1. The number of aromatic nitrogens is 3. The third-order valence-corrected chi connectivity index (χ3v) is 4.54. The molecule has 7 nitrogen and oxygen atoms in total. The second kappa shape index (κ2) is 5.70. The topological polar surface area (TPSA) is 93.6 Å². The Morgan fingerprint density at radius 3 is 2.76 bits per heavy atom. The predicted octanol–water partition coefficient (Wildman–Crippen LogP) is 1.09. The monoisotopic (exact) mass is 335 g/mol. The molecule has 0 bridgehead atoms. The summed E-state index contributed by atoms with van der Waals surface area (Å²) in [6, 6.07) is 7.07. The SMILES string of the molecule is Cc1cn2ccnc(C(=O)N3Cc4ccccc4C[C@H]3C(N)=O)c2n1. The molecule has 3 heterocycles. The number of imidazole rings is 1. The normalized spacial score (nSPS) is 16.7. The molecular weight excluding hydrogens is 318 g/mol. The predicted molar refractivity (Wildman–Crippen MR) is 90.7 cm³/mol. The van der Waals surface area contributed by atoms with Crippen molar-refractivity contribution in [3.63, 3.8) is 0 Å². The van der Waals surface area contributed by atoms with Crippen LogP contribution in [-0.4, -0.2) is 37.1 Å². The fourth-order valence-corrected chi connectivity index (χ4v) is 3.32. The Labute approximate surface area is 144 Å². The van der Waals surface area contributed by atoms with E-state index in [-0.39, 0.29) is 11.6 Å². The molecule has 2 amide bonds.